The van der Waals surface area contributed by atoms with E-state index in [4.69, 9.17) is 9.47 Å². The van der Waals surface area contributed by atoms with Crippen molar-refractivity contribution in [2.24, 2.45) is 46.8 Å². The van der Waals surface area contributed by atoms with Gasteiger partial charge in [0.05, 0.1) is 6.61 Å². The molecule has 0 unspecified atom stereocenters. The van der Waals surface area contributed by atoms with Crippen molar-refractivity contribution in [3.63, 3.8) is 0 Å². The lowest BCUT2D eigenvalue weighted by Gasteiger charge is -2.55. The molecule has 0 aromatic carbocycles. The minimum absolute atomic E-state index is 0.00731. The van der Waals surface area contributed by atoms with Gasteiger partial charge in [-0.25, -0.2) is 4.79 Å². The van der Waals surface area contributed by atoms with Crippen molar-refractivity contribution in [2.75, 3.05) is 6.61 Å². The van der Waals surface area contributed by atoms with Crippen molar-refractivity contribution >= 4 is 6.16 Å². The number of hydrogen-bond acceptors (Lipinski definition) is 3. The zero-order valence-corrected chi connectivity index (χ0v) is 32.5. The second-order valence-corrected chi connectivity index (χ2v) is 17.6. The van der Waals surface area contributed by atoms with Crippen LogP contribution in [-0.4, -0.2) is 18.9 Å². The summed E-state index contributed by atoms with van der Waals surface area (Å²) in [6.07, 6.45) is 39.3. The molecule has 0 spiro atoms. The van der Waals surface area contributed by atoms with E-state index < -0.39 is 6.16 Å². The van der Waals surface area contributed by atoms with Crippen LogP contribution in [-0.2, 0) is 9.47 Å². The van der Waals surface area contributed by atoms with Gasteiger partial charge >= 0.3 is 6.16 Å². The fourth-order valence-electron chi connectivity index (χ4n) is 10.9. The Balaban J connectivity index is 1.06. The first-order chi connectivity index (χ1) is 23.3. The average molecular weight is 667 g/mol. The Hall–Kier alpha value is -1.25. The quantitative estimate of drug-likeness (QED) is 0.0655. The summed E-state index contributed by atoms with van der Waals surface area (Å²) in [6.45, 7) is 12.7. The molecule has 0 saturated heterocycles. The lowest BCUT2D eigenvalue weighted by molar-refractivity contribution is -0.0303. The molecule has 4 rings (SSSR count). The summed E-state index contributed by atoms with van der Waals surface area (Å²) in [5.74, 6) is 6.33. The van der Waals surface area contributed by atoms with Gasteiger partial charge in [-0.05, 0) is 124 Å². The van der Waals surface area contributed by atoms with Crippen molar-refractivity contribution in [2.45, 2.75) is 201 Å². The first-order valence-electron chi connectivity index (χ1n) is 21.5. The van der Waals surface area contributed by atoms with Gasteiger partial charge < -0.3 is 9.47 Å². The topological polar surface area (TPSA) is 35.5 Å². The number of fused-ring (bicyclic) bond motifs is 5. The molecule has 8 atom stereocenters. The first-order valence-corrected chi connectivity index (χ1v) is 21.5. The molecule has 0 aliphatic heterocycles. The maximum atomic E-state index is 12.6. The molecule has 3 nitrogen and oxygen atoms in total. The number of hydrogen-bond donors (Lipinski definition) is 0. The molecule has 0 bridgehead atoms. The highest BCUT2D eigenvalue weighted by molar-refractivity contribution is 5.60. The molecule has 3 saturated carbocycles. The van der Waals surface area contributed by atoms with Gasteiger partial charge in [-0.1, -0.05) is 135 Å². The highest BCUT2D eigenvalue weighted by Crippen LogP contribution is 2.63. The summed E-state index contributed by atoms with van der Waals surface area (Å²) < 4.78 is 11.4. The second kappa shape index (κ2) is 21.2. The van der Waals surface area contributed by atoms with Crippen LogP contribution in [0.3, 0.4) is 0 Å². The molecular weight excluding hydrogens is 588 g/mol. The zero-order chi connectivity index (χ0) is 34.2. The maximum Gasteiger partial charge on any atom is 0.508 e. The molecular formula is C45H78O3. The Morgan fingerprint density at radius 3 is 2.17 bits per heavy atom. The molecule has 276 valence electrons. The summed E-state index contributed by atoms with van der Waals surface area (Å²) in [7, 11) is 0. The van der Waals surface area contributed by atoms with Crippen LogP contribution in [0.5, 0.6) is 0 Å². The van der Waals surface area contributed by atoms with E-state index in [1.807, 2.05) is 0 Å². The Labute approximate surface area is 298 Å². The summed E-state index contributed by atoms with van der Waals surface area (Å²) >= 11 is 0. The van der Waals surface area contributed by atoms with Gasteiger partial charge in [-0.15, -0.1) is 0 Å². The van der Waals surface area contributed by atoms with Gasteiger partial charge in [-0.2, -0.15) is 0 Å². The van der Waals surface area contributed by atoms with Gasteiger partial charge in [0.25, 0.3) is 0 Å². The molecule has 0 N–H and O–H groups in total. The Bertz CT molecular complexity index is 965. The van der Waals surface area contributed by atoms with Crippen molar-refractivity contribution in [3.8, 4) is 0 Å². The number of unbranched alkanes of at least 4 members (excludes halogenated alkanes) is 12. The van der Waals surface area contributed by atoms with Gasteiger partial charge in [0.1, 0.15) is 6.10 Å². The largest absolute Gasteiger partial charge is 0.508 e. The number of carbonyl (C=O) groups excluding carboxylic acids is 1. The minimum atomic E-state index is -0.439. The predicted octanol–water partition coefficient (Wildman–Crippen LogP) is 14.2. The van der Waals surface area contributed by atoms with E-state index in [1.54, 1.807) is 5.57 Å². The standard InChI is InChI=1S/C45H78O3/c1-6-7-8-9-10-11-12-13-14-15-16-17-18-19-20-21-33-47-44(46)48-38-31-32-45(5)37(34-38)25-26-42-41-28-27-39(40(41)29-30-43(42)45)36(4)24-22-23-35(2)3/h13-14,25,35-36,38-43H,6-12,15-24,26-34H2,1-5H3/b14-13-/t36-,38+,39-,40-,41-,42+,43+,45+/m1/s1. The monoisotopic (exact) mass is 667 g/mol. The van der Waals surface area contributed by atoms with E-state index in [9.17, 15) is 4.79 Å². The van der Waals surface area contributed by atoms with E-state index in [0.29, 0.717) is 12.0 Å². The van der Waals surface area contributed by atoms with Crippen LogP contribution in [0.25, 0.3) is 0 Å². The number of ether oxygens (including phenoxy) is 2. The Morgan fingerprint density at radius 1 is 0.792 bits per heavy atom. The van der Waals surface area contributed by atoms with E-state index in [2.05, 4.69) is 52.8 Å². The first kappa shape index (κ1) is 39.5. The molecule has 4 aliphatic rings. The smallest absolute Gasteiger partial charge is 0.434 e. The Morgan fingerprint density at radius 2 is 1.46 bits per heavy atom. The molecule has 4 aliphatic carbocycles. The van der Waals surface area contributed by atoms with Crippen molar-refractivity contribution in [1.29, 1.82) is 0 Å². The van der Waals surface area contributed by atoms with Gasteiger partial charge in [0.15, 0.2) is 0 Å². The third-order valence-electron chi connectivity index (χ3n) is 13.7. The van der Waals surface area contributed by atoms with Crippen LogP contribution in [0.4, 0.5) is 4.79 Å². The van der Waals surface area contributed by atoms with Crippen LogP contribution in [0.15, 0.2) is 23.8 Å². The molecule has 3 fully saturated rings. The number of rotatable bonds is 22. The number of allylic oxidation sites excluding steroid dienone is 3. The molecule has 0 aromatic rings. The second-order valence-electron chi connectivity index (χ2n) is 17.6. The maximum absolute atomic E-state index is 12.6. The summed E-state index contributed by atoms with van der Waals surface area (Å²) in [5.41, 5.74) is 1.90. The predicted molar refractivity (Wildman–Crippen MR) is 204 cm³/mol. The minimum Gasteiger partial charge on any atom is -0.434 e. The lowest BCUT2D eigenvalue weighted by Crippen LogP contribution is -2.48. The summed E-state index contributed by atoms with van der Waals surface area (Å²) in [5, 5.41) is 0. The van der Waals surface area contributed by atoms with Crippen LogP contribution in [0.2, 0.25) is 0 Å². The molecule has 0 heterocycles. The van der Waals surface area contributed by atoms with Crippen molar-refractivity contribution < 1.29 is 14.3 Å². The fourth-order valence-corrected chi connectivity index (χ4v) is 10.9. The van der Waals surface area contributed by atoms with Crippen molar-refractivity contribution in [1.82, 2.24) is 0 Å². The fraction of sp³-hybridized carbons (Fsp3) is 0.889. The average Bonchev–Trinajstić information content (AvgIpc) is 3.51. The molecule has 0 amide bonds. The van der Waals surface area contributed by atoms with E-state index in [-0.39, 0.29) is 6.10 Å². The van der Waals surface area contributed by atoms with Gasteiger partial charge in [0.2, 0.25) is 0 Å². The summed E-state index contributed by atoms with van der Waals surface area (Å²) in [6, 6.07) is 0. The van der Waals surface area contributed by atoms with Crippen molar-refractivity contribution in [3.05, 3.63) is 23.8 Å². The van der Waals surface area contributed by atoms with Crippen LogP contribution < -0.4 is 0 Å². The van der Waals surface area contributed by atoms with Crippen LogP contribution >= 0.6 is 0 Å². The molecule has 48 heavy (non-hydrogen) atoms. The van der Waals surface area contributed by atoms with E-state index >= 15 is 0 Å². The third kappa shape index (κ3) is 11.9. The lowest BCUT2D eigenvalue weighted by atomic mass is 9.50. The van der Waals surface area contributed by atoms with E-state index in [0.717, 1.165) is 67.1 Å². The van der Waals surface area contributed by atoms with Gasteiger partial charge in [0, 0.05) is 6.42 Å². The summed E-state index contributed by atoms with van der Waals surface area (Å²) in [4.78, 5) is 12.6. The van der Waals surface area contributed by atoms with Crippen LogP contribution in [0, 0.1) is 46.8 Å². The molecule has 3 heteroatoms. The zero-order valence-electron chi connectivity index (χ0n) is 32.5. The van der Waals surface area contributed by atoms with Crippen LogP contribution in [0.1, 0.15) is 195 Å². The third-order valence-corrected chi connectivity index (χ3v) is 13.7. The SMILES string of the molecule is CCCCCCCC/C=C\CCCCCCCCOC(=O)O[C@H]1CC[C@@]2(C)C(=CC[C@H]3[C@@H]4CC[C@H]([C@H](C)CCCC(C)C)[C@H]4CC[C@@H]32)C1. The highest BCUT2D eigenvalue weighted by Gasteiger charge is 2.54. The normalized spacial score (nSPS) is 30.5. The number of carbonyl (C=O) groups is 1. The van der Waals surface area contributed by atoms with Gasteiger partial charge in [-0.3, -0.25) is 0 Å². The van der Waals surface area contributed by atoms with E-state index in [1.165, 1.54) is 135 Å². The molecule has 0 aromatic heterocycles. The molecule has 0 radical (unpaired) electrons. The Kier molecular flexibility index (Phi) is 17.5. The highest BCUT2D eigenvalue weighted by atomic mass is 16.7.